The summed E-state index contributed by atoms with van der Waals surface area (Å²) in [6, 6.07) is 5.08. The number of ether oxygens (including phenoxy) is 1. The summed E-state index contributed by atoms with van der Waals surface area (Å²) in [6.45, 7) is 0.496. The van der Waals surface area contributed by atoms with Crippen LogP contribution in [0.15, 0.2) is 24.3 Å². The van der Waals surface area contributed by atoms with E-state index >= 15 is 0 Å². The van der Waals surface area contributed by atoms with Crippen LogP contribution < -0.4 is 0 Å². The SMILES string of the molecule is OC(c1ccccc1C(F)(F)F)C1CCCO1. The molecule has 5 heteroatoms. The number of halogens is 3. The summed E-state index contributed by atoms with van der Waals surface area (Å²) in [5, 5.41) is 9.94. The van der Waals surface area contributed by atoms with Gasteiger partial charge >= 0.3 is 6.18 Å². The fraction of sp³-hybridized carbons (Fsp3) is 0.500. The van der Waals surface area contributed by atoms with Crippen molar-refractivity contribution in [2.75, 3.05) is 6.61 Å². The summed E-state index contributed by atoms with van der Waals surface area (Å²) in [7, 11) is 0. The number of hydrogen-bond acceptors (Lipinski definition) is 2. The predicted molar refractivity (Wildman–Crippen MR) is 55.4 cm³/mol. The number of rotatable bonds is 2. The molecule has 1 aromatic carbocycles. The van der Waals surface area contributed by atoms with Crippen molar-refractivity contribution in [1.82, 2.24) is 0 Å². The molecule has 0 aliphatic carbocycles. The van der Waals surface area contributed by atoms with E-state index in [1.165, 1.54) is 18.2 Å². The molecule has 2 atom stereocenters. The van der Waals surface area contributed by atoms with Crippen molar-refractivity contribution in [3.05, 3.63) is 35.4 Å². The molecule has 1 fully saturated rings. The molecule has 1 heterocycles. The Bertz CT molecular complexity index is 384. The molecule has 0 bridgehead atoms. The van der Waals surface area contributed by atoms with E-state index in [0.717, 1.165) is 12.5 Å². The van der Waals surface area contributed by atoms with E-state index in [-0.39, 0.29) is 5.56 Å². The lowest BCUT2D eigenvalue weighted by atomic mass is 9.97. The fourth-order valence-corrected chi connectivity index (χ4v) is 2.06. The summed E-state index contributed by atoms with van der Waals surface area (Å²) in [5.74, 6) is 0. The third-order valence-corrected chi connectivity index (χ3v) is 2.90. The van der Waals surface area contributed by atoms with Gasteiger partial charge in [0.15, 0.2) is 0 Å². The van der Waals surface area contributed by atoms with Crippen LogP contribution in [0.1, 0.15) is 30.1 Å². The van der Waals surface area contributed by atoms with E-state index in [9.17, 15) is 18.3 Å². The largest absolute Gasteiger partial charge is 0.416 e. The minimum absolute atomic E-state index is 0.105. The standard InChI is InChI=1S/C12H13F3O2/c13-12(14,15)9-5-2-1-4-8(9)11(16)10-6-3-7-17-10/h1-2,4-5,10-11,16H,3,6-7H2. The van der Waals surface area contributed by atoms with Crippen LogP contribution in [0.5, 0.6) is 0 Å². The Kier molecular flexibility index (Phi) is 3.40. The summed E-state index contributed by atoms with van der Waals surface area (Å²) < 4.78 is 43.5. The number of alkyl halides is 3. The molecule has 0 spiro atoms. The van der Waals surface area contributed by atoms with Crippen molar-refractivity contribution in [2.45, 2.75) is 31.2 Å². The topological polar surface area (TPSA) is 29.5 Å². The third-order valence-electron chi connectivity index (χ3n) is 2.90. The Hall–Kier alpha value is -1.07. The number of aliphatic hydroxyl groups is 1. The molecule has 2 nitrogen and oxygen atoms in total. The first-order valence-corrected chi connectivity index (χ1v) is 5.46. The summed E-state index contributed by atoms with van der Waals surface area (Å²) in [5.41, 5.74) is -0.894. The van der Waals surface area contributed by atoms with Crippen LogP contribution in [0.2, 0.25) is 0 Å². The van der Waals surface area contributed by atoms with Gasteiger partial charge in [-0.05, 0) is 24.5 Å². The fourth-order valence-electron chi connectivity index (χ4n) is 2.06. The number of benzene rings is 1. The van der Waals surface area contributed by atoms with Crippen molar-refractivity contribution < 1.29 is 23.0 Å². The van der Waals surface area contributed by atoms with Crippen LogP contribution in [0.3, 0.4) is 0 Å². The molecule has 0 radical (unpaired) electrons. The van der Waals surface area contributed by atoms with Gasteiger partial charge in [0.1, 0.15) is 6.10 Å². The molecule has 2 rings (SSSR count). The zero-order valence-corrected chi connectivity index (χ0v) is 9.07. The van der Waals surface area contributed by atoms with Gasteiger partial charge in [0, 0.05) is 6.61 Å². The van der Waals surface area contributed by atoms with Gasteiger partial charge in [-0.1, -0.05) is 18.2 Å². The predicted octanol–water partition coefficient (Wildman–Crippen LogP) is 2.92. The minimum Gasteiger partial charge on any atom is -0.386 e. The van der Waals surface area contributed by atoms with Gasteiger partial charge in [-0.2, -0.15) is 13.2 Å². The highest BCUT2D eigenvalue weighted by molar-refractivity contribution is 5.32. The highest BCUT2D eigenvalue weighted by Crippen LogP contribution is 2.37. The van der Waals surface area contributed by atoms with Crippen molar-refractivity contribution in [1.29, 1.82) is 0 Å². The van der Waals surface area contributed by atoms with Crippen LogP contribution in [0, 0.1) is 0 Å². The van der Waals surface area contributed by atoms with E-state index in [0.29, 0.717) is 13.0 Å². The first-order chi connectivity index (χ1) is 8.00. The molecule has 1 N–H and O–H groups in total. The van der Waals surface area contributed by atoms with E-state index in [1.807, 2.05) is 0 Å². The normalized spacial score (nSPS) is 22.7. The van der Waals surface area contributed by atoms with Gasteiger partial charge in [0.05, 0.1) is 11.7 Å². The van der Waals surface area contributed by atoms with Gasteiger partial charge in [-0.25, -0.2) is 0 Å². The maximum absolute atomic E-state index is 12.7. The van der Waals surface area contributed by atoms with E-state index in [2.05, 4.69) is 0 Å². The lowest BCUT2D eigenvalue weighted by Crippen LogP contribution is -2.21. The quantitative estimate of drug-likeness (QED) is 0.869. The van der Waals surface area contributed by atoms with Crippen molar-refractivity contribution in [3.63, 3.8) is 0 Å². The van der Waals surface area contributed by atoms with Crippen LogP contribution >= 0.6 is 0 Å². The molecule has 1 aliphatic heterocycles. The van der Waals surface area contributed by atoms with Crippen LogP contribution in [-0.2, 0) is 10.9 Å². The number of aliphatic hydroxyl groups excluding tert-OH is 1. The monoisotopic (exact) mass is 246 g/mol. The summed E-state index contributed by atoms with van der Waals surface area (Å²) >= 11 is 0. The highest BCUT2D eigenvalue weighted by atomic mass is 19.4. The zero-order chi connectivity index (χ0) is 12.5. The first-order valence-electron chi connectivity index (χ1n) is 5.46. The van der Waals surface area contributed by atoms with Gasteiger partial charge in [0.2, 0.25) is 0 Å². The Morgan fingerprint density at radius 1 is 1.29 bits per heavy atom. The second-order valence-corrected chi connectivity index (χ2v) is 4.08. The molecular formula is C12H13F3O2. The maximum atomic E-state index is 12.7. The molecule has 2 unspecified atom stereocenters. The minimum atomic E-state index is -4.45. The highest BCUT2D eigenvalue weighted by Gasteiger charge is 2.37. The molecule has 0 saturated carbocycles. The van der Waals surface area contributed by atoms with Crippen molar-refractivity contribution in [3.8, 4) is 0 Å². The molecule has 1 aliphatic rings. The van der Waals surface area contributed by atoms with Gasteiger partial charge in [-0.3, -0.25) is 0 Å². The average molecular weight is 246 g/mol. The summed E-state index contributed by atoms with van der Waals surface area (Å²) in [6.07, 6.45) is -4.83. The summed E-state index contributed by atoms with van der Waals surface area (Å²) in [4.78, 5) is 0. The van der Waals surface area contributed by atoms with Crippen molar-refractivity contribution >= 4 is 0 Å². The van der Waals surface area contributed by atoms with E-state index < -0.39 is 23.9 Å². The van der Waals surface area contributed by atoms with E-state index in [1.54, 1.807) is 0 Å². The molecule has 0 aromatic heterocycles. The zero-order valence-electron chi connectivity index (χ0n) is 9.07. The molecule has 1 aromatic rings. The molecule has 94 valence electrons. The second kappa shape index (κ2) is 4.66. The lowest BCUT2D eigenvalue weighted by Gasteiger charge is -2.21. The van der Waals surface area contributed by atoms with E-state index in [4.69, 9.17) is 4.74 Å². The lowest BCUT2D eigenvalue weighted by molar-refractivity contribution is -0.140. The van der Waals surface area contributed by atoms with Gasteiger partial charge in [-0.15, -0.1) is 0 Å². The van der Waals surface area contributed by atoms with Crippen molar-refractivity contribution in [2.24, 2.45) is 0 Å². The second-order valence-electron chi connectivity index (χ2n) is 4.08. The molecule has 0 amide bonds. The average Bonchev–Trinajstić information content (AvgIpc) is 2.80. The molecular weight excluding hydrogens is 233 g/mol. The van der Waals surface area contributed by atoms with Crippen LogP contribution in [-0.4, -0.2) is 17.8 Å². The number of hydrogen-bond donors (Lipinski definition) is 1. The third kappa shape index (κ3) is 2.61. The molecule has 17 heavy (non-hydrogen) atoms. The smallest absolute Gasteiger partial charge is 0.386 e. The Balaban J connectivity index is 2.31. The Labute approximate surface area is 97.0 Å². The van der Waals surface area contributed by atoms with Gasteiger partial charge < -0.3 is 9.84 Å². The van der Waals surface area contributed by atoms with Crippen LogP contribution in [0.4, 0.5) is 13.2 Å². The maximum Gasteiger partial charge on any atom is 0.416 e. The Morgan fingerprint density at radius 2 is 2.00 bits per heavy atom. The first kappa shape index (κ1) is 12.4. The Morgan fingerprint density at radius 3 is 2.59 bits per heavy atom. The van der Waals surface area contributed by atoms with Gasteiger partial charge in [0.25, 0.3) is 0 Å². The van der Waals surface area contributed by atoms with Crippen LogP contribution in [0.25, 0.3) is 0 Å². The molecule has 1 saturated heterocycles.